The largest absolute Gasteiger partial charge is 0.495 e. The van der Waals surface area contributed by atoms with E-state index in [1.54, 1.807) is 7.11 Å². The van der Waals surface area contributed by atoms with E-state index < -0.39 is 0 Å². The van der Waals surface area contributed by atoms with Gasteiger partial charge in [-0.05, 0) is 50.6 Å². The van der Waals surface area contributed by atoms with Crippen molar-refractivity contribution in [1.29, 1.82) is 0 Å². The summed E-state index contributed by atoms with van der Waals surface area (Å²) in [6.45, 7) is 5.84. The second-order valence-corrected chi connectivity index (χ2v) is 5.43. The zero-order valence-corrected chi connectivity index (χ0v) is 13.4. The maximum atomic E-state index is 12.3. The highest BCUT2D eigenvalue weighted by molar-refractivity contribution is 5.96. The summed E-state index contributed by atoms with van der Waals surface area (Å²) in [6, 6.07) is 13.2. The Hall–Kier alpha value is -2.49. The number of benzene rings is 2. The average molecular weight is 298 g/mol. The van der Waals surface area contributed by atoms with E-state index in [-0.39, 0.29) is 11.9 Å². The van der Waals surface area contributed by atoms with E-state index >= 15 is 0 Å². The van der Waals surface area contributed by atoms with Gasteiger partial charge in [-0.25, -0.2) is 0 Å². The Bertz CT molecular complexity index is 651. The number of rotatable bonds is 5. The summed E-state index contributed by atoms with van der Waals surface area (Å²) in [7, 11) is 1.62. The Morgan fingerprint density at radius 2 is 1.68 bits per heavy atom. The lowest BCUT2D eigenvalue weighted by atomic mass is 10.2. The average Bonchev–Trinajstić information content (AvgIpc) is 2.49. The van der Waals surface area contributed by atoms with Crippen molar-refractivity contribution in [2.45, 2.75) is 26.8 Å². The van der Waals surface area contributed by atoms with E-state index in [9.17, 15) is 4.79 Å². The van der Waals surface area contributed by atoms with E-state index in [4.69, 9.17) is 4.74 Å². The predicted octanol–water partition coefficient (Wildman–Crippen LogP) is 3.75. The third kappa shape index (κ3) is 4.01. The second-order valence-electron chi connectivity index (χ2n) is 5.43. The number of aryl methyl sites for hydroxylation is 2. The molecule has 0 saturated heterocycles. The Labute approximate surface area is 131 Å². The number of nitrogens with one attached hydrogen (secondary N) is 2. The SMILES string of the molecule is COc1ccc(C)cc1N[C@@H](C)C(=O)Nc1ccc(C)cc1. The van der Waals surface area contributed by atoms with E-state index in [1.165, 1.54) is 0 Å². The molecule has 0 aliphatic carbocycles. The number of ether oxygens (including phenoxy) is 1. The fourth-order valence-electron chi connectivity index (χ4n) is 2.12. The standard InChI is InChI=1S/C18H22N2O2/c1-12-5-8-15(9-6-12)20-18(21)14(3)19-16-11-13(2)7-10-17(16)22-4/h5-11,14,19H,1-4H3,(H,20,21)/t14-/m0/s1. The van der Waals surface area contributed by atoms with Gasteiger partial charge in [0.2, 0.25) is 5.91 Å². The first kappa shape index (κ1) is 15.9. The minimum atomic E-state index is -0.378. The van der Waals surface area contributed by atoms with Gasteiger partial charge in [-0.1, -0.05) is 23.8 Å². The van der Waals surface area contributed by atoms with Crippen molar-refractivity contribution >= 4 is 17.3 Å². The highest BCUT2D eigenvalue weighted by atomic mass is 16.5. The van der Waals surface area contributed by atoms with E-state index in [0.29, 0.717) is 0 Å². The number of anilines is 2. The maximum Gasteiger partial charge on any atom is 0.246 e. The zero-order chi connectivity index (χ0) is 16.1. The second kappa shape index (κ2) is 6.98. The summed E-state index contributed by atoms with van der Waals surface area (Å²) in [6.07, 6.45) is 0. The number of methoxy groups -OCH3 is 1. The molecule has 22 heavy (non-hydrogen) atoms. The lowest BCUT2D eigenvalue weighted by molar-refractivity contribution is -0.116. The summed E-state index contributed by atoms with van der Waals surface area (Å²) in [5, 5.41) is 6.10. The lowest BCUT2D eigenvalue weighted by Crippen LogP contribution is -2.32. The van der Waals surface area contributed by atoms with Crippen LogP contribution in [0.4, 0.5) is 11.4 Å². The number of amides is 1. The number of hydrogen-bond acceptors (Lipinski definition) is 3. The smallest absolute Gasteiger partial charge is 0.246 e. The third-order valence-electron chi connectivity index (χ3n) is 3.44. The first-order valence-corrected chi connectivity index (χ1v) is 7.28. The molecule has 0 saturated carbocycles. The molecule has 1 atom stereocenters. The van der Waals surface area contributed by atoms with Gasteiger partial charge in [-0.3, -0.25) is 4.79 Å². The normalized spacial score (nSPS) is 11.6. The summed E-state index contributed by atoms with van der Waals surface area (Å²) >= 11 is 0. The van der Waals surface area contributed by atoms with Crippen LogP contribution in [-0.2, 0) is 4.79 Å². The quantitative estimate of drug-likeness (QED) is 0.884. The highest BCUT2D eigenvalue weighted by Crippen LogP contribution is 2.26. The van der Waals surface area contributed by atoms with Crippen molar-refractivity contribution < 1.29 is 9.53 Å². The van der Waals surface area contributed by atoms with Gasteiger partial charge < -0.3 is 15.4 Å². The first-order valence-electron chi connectivity index (χ1n) is 7.28. The Balaban J connectivity index is 2.05. The Morgan fingerprint density at radius 3 is 2.32 bits per heavy atom. The van der Waals surface area contributed by atoms with Gasteiger partial charge in [-0.15, -0.1) is 0 Å². The maximum absolute atomic E-state index is 12.3. The van der Waals surface area contributed by atoms with Crippen LogP contribution in [0.15, 0.2) is 42.5 Å². The zero-order valence-electron chi connectivity index (χ0n) is 13.4. The van der Waals surface area contributed by atoms with Crippen LogP contribution >= 0.6 is 0 Å². The molecule has 2 N–H and O–H groups in total. The first-order chi connectivity index (χ1) is 10.5. The Kier molecular flexibility index (Phi) is 5.04. The molecule has 0 heterocycles. The number of carbonyl (C=O) groups excluding carboxylic acids is 1. The minimum absolute atomic E-state index is 0.0904. The van der Waals surface area contributed by atoms with Crippen LogP contribution < -0.4 is 15.4 Å². The van der Waals surface area contributed by atoms with Crippen molar-refractivity contribution in [2.75, 3.05) is 17.7 Å². The summed E-state index contributed by atoms with van der Waals surface area (Å²) in [4.78, 5) is 12.3. The van der Waals surface area contributed by atoms with Crippen molar-refractivity contribution in [1.82, 2.24) is 0 Å². The summed E-state index contributed by atoms with van der Waals surface area (Å²) in [5.41, 5.74) is 3.87. The molecule has 0 spiro atoms. The van der Waals surface area contributed by atoms with Gasteiger partial charge in [0.25, 0.3) is 0 Å². The minimum Gasteiger partial charge on any atom is -0.495 e. The van der Waals surface area contributed by atoms with Crippen LogP contribution in [0.5, 0.6) is 5.75 Å². The molecule has 2 aromatic carbocycles. The van der Waals surface area contributed by atoms with E-state index in [2.05, 4.69) is 10.6 Å². The fraction of sp³-hybridized carbons (Fsp3) is 0.278. The van der Waals surface area contributed by atoms with Crippen LogP contribution in [0.3, 0.4) is 0 Å². The van der Waals surface area contributed by atoms with Gasteiger partial charge >= 0.3 is 0 Å². The Morgan fingerprint density at radius 1 is 1.05 bits per heavy atom. The fourth-order valence-corrected chi connectivity index (χ4v) is 2.12. The molecule has 116 valence electrons. The molecule has 0 fully saturated rings. The molecule has 0 aliphatic rings. The van der Waals surface area contributed by atoms with Gasteiger partial charge in [0.1, 0.15) is 11.8 Å². The molecule has 2 aromatic rings. The molecule has 0 bridgehead atoms. The van der Waals surface area contributed by atoms with E-state index in [1.807, 2.05) is 63.2 Å². The molecular formula is C18H22N2O2. The molecule has 0 radical (unpaired) electrons. The van der Waals surface area contributed by atoms with Crippen LogP contribution in [0.25, 0.3) is 0 Å². The molecular weight excluding hydrogens is 276 g/mol. The van der Waals surface area contributed by atoms with Gasteiger partial charge in [0, 0.05) is 5.69 Å². The molecule has 4 heteroatoms. The molecule has 1 amide bonds. The monoisotopic (exact) mass is 298 g/mol. The van der Waals surface area contributed by atoms with Gasteiger partial charge in [0.15, 0.2) is 0 Å². The van der Waals surface area contributed by atoms with E-state index in [0.717, 1.165) is 28.3 Å². The van der Waals surface area contributed by atoms with Crippen molar-refractivity contribution in [3.8, 4) is 5.75 Å². The summed E-state index contributed by atoms with van der Waals surface area (Å²) < 4.78 is 5.32. The topological polar surface area (TPSA) is 50.4 Å². The van der Waals surface area contributed by atoms with Crippen LogP contribution in [0.1, 0.15) is 18.1 Å². The van der Waals surface area contributed by atoms with Gasteiger partial charge in [-0.2, -0.15) is 0 Å². The van der Waals surface area contributed by atoms with Crippen molar-refractivity contribution in [3.05, 3.63) is 53.6 Å². The van der Waals surface area contributed by atoms with Crippen LogP contribution in [0.2, 0.25) is 0 Å². The predicted molar refractivity (Wildman–Crippen MR) is 90.6 cm³/mol. The molecule has 0 aromatic heterocycles. The molecule has 2 rings (SSSR count). The van der Waals surface area contributed by atoms with Crippen LogP contribution in [0, 0.1) is 13.8 Å². The van der Waals surface area contributed by atoms with Crippen molar-refractivity contribution in [3.63, 3.8) is 0 Å². The highest BCUT2D eigenvalue weighted by Gasteiger charge is 2.15. The third-order valence-corrected chi connectivity index (χ3v) is 3.44. The van der Waals surface area contributed by atoms with Crippen molar-refractivity contribution in [2.24, 2.45) is 0 Å². The number of carbonyl (C=O) groups is 1. The molecule has 0 unspecified atom stereocenters. The number of hydrogen-bond donors (Lipinski definition) is 2. The lowest BCUT2D eigenvalue weighted by Gasteiger charge is -2.18. The van der Waals surface area contributed by atoms with Gasteiger partial charge in [0.05, 0.1) is 12.8 Å². The molecule has 4 nitrogen and oxygen atoms in total. The van der Waals surface area contributed by atoms with Crippen LogP contribution in [-0.4, -0.2) is 19.1 Å². The summed E-state index contributed by atoms with van der Waals surface area (Å²) in [5.74, 6) is 0.632. The molecule has 0 aliphatic heterocycles.